The first kappa shape index (κ1) is 12.7. The number of aromatic nitrogens is 3. The van der Waals surface area contributed by atoms with Crippen LogP contribution in [0, 0.1) is 0 Å². The molecule has 100 valence electrons. The van der Waals surface area contributed by atoms with E-state index in [1.807, 2.05) is 34.9 Å². The monoisotopic (exact) mass is 275 g/mol. The highest BCUT2D eigenvalue weighted by atomic mass is 32.2. The molecule has 5 heteroatoms. The van der Waals surface area contributed by atoms with Crippen LogP contribution in [-0.2, 0) is 0 Å². The first-order valence-electron chi connectivity index (χ1n) is 6.65. The number of rotatable bonds is 3. The summed E-state index contributed by atoms with van der Waals surface area (Å²) in [5.74, 6) is 0. The van der Waals surface area contributed by atoms with Crippen LogP contribution in [0.25, 0.3) is 5.69 Å². The third-order valence-electron chi connectivity index (χ3n) is 3.48. The fraction of sp³-hybridized carbons (Fsp3) is 0.429. The van der Waals surface area contributed by atoms with E-state index in [2.05, 4.69) is 10.2 Å². The molecule has 2 atom stereocenters. The van der Waals surface area contributed by atoms with E-state index in [0.29, 0.717) is 0 Å². The Labute approximate surface area is 116 Å². The number of para-hydroxylation sites is 1. The van der Waals surface area contributed by atoms with Gasteiger partial charge in [0.1, 0.15) is 6.33 Å². The molecule has 2 aromatic rings. The van der Waals surface area contributed by atoms with Crippen LogP contribution in [-0.4, -0.2) is 31.2 Å². The van der Waals surface area contributed by atoms with Gasteiger partial charge in [0.25, 0.3) is 0 Å². The molecule has 4 nitrogen and oxygen atoms in total. The molecule has 0 aliphatic heterocycles. The average molecular weight is 275 g/mol. The quantitative estimate of drug-likeness (QED) is 0.935. The van der Waals surface area contributed by atoms with Crippen molar-refractivity contribution < 1.29 is 5.11 Å². The summed E-state index contributed by atoms with van der Waals surface area (Å²) in [4.78, 5) is 0. The minimum absolute atomic E-state index is 0.223. The summed E-state index contributed by atoms with van der Waals surface area (Å²) in [5.41, 5.74) is 1.06. The maximum atomic E-state index is 10.1. The van der Waals surface area contributed by atoms with Crippen molar-refractivity contribution in [1.29, 1.82) is 0 Å². The number of nitrogens with zero attached hydrogens (tertiary/aromatic N) is 3. The Hall–Kier alpha value is -1.33. The number of aliphatic hydroxyl groups excluding tert-OH is 1. The van der Waals surface area contributed by atoms with E-state index in [4.69, 9.17) is 0 Å². The van der Waals surface area contributed by atoms with Crippen LogP contribution in [0.3, 0.4) is 0 Å². The lowest BCUT2D eigenvalue weighted by Crippen LogP contribution is -2.27. The Kier molecular flexibility index (Phi) is 3.84. The van der Waals surface area contributed by atoms with Crippen molar-refractivity contribution in [2.75, 3.05) is 0 Å². The predicted octanol–water partition coefficient (Wildman–Crippen LogP) is 2.66. The maximum Gasteiger partial charge on any atom is 0.195 e. The molecule has 1 saturated carbocycles. The third-order valence-corrected chi connectivity index (χ3v) is 4.82. The SMILES string of the molecule is OC1CCCCC1Sc1nncn1-c1ccccc1. The molecule has 1 aromatic carbocycles. The summed E-state index contributed by atoms with van der Waals surface area (Å²) in [6, 6.07) is 10.1. The van der Waals surface area contributed by atoms with E-state index >= 15 is 0 Å². The van der Waals surface area contributed by atoms with Gasteiger partial charge in [0, 0.05) is 10.9 Å². The smallest absolute Gasteiger partial charge is 0.195 e. The van der Waals surface area contributed by atoms with Gasteiger partial charge < -0.3 is 5.11 Å². The van der Waals surface area contributed by atoms with E-state index in [0.717, 1.165) is 30.1 Å². The number of benzene rings is 1. The zero-order chi connectivity index (χ0) is 13.1. The lowest BCUT2D eigenvalue weighted by Gasteiger charge is -2.26. The Morgan fingerprint density at radius 1 is 1.16 bits per heavy atom. The molecule has 3 rings (SSSR count). The standard InChI is InChI=1S/C14H17N3OS/c18-12-8-4-5-9-13(12)19-14-16-15-10-17(14)11-6-2-1-3-7-11/h1-3,6-7,10,12-13,18H,4-5,8-9H2. The molecule has 1 aromatic heterocycles. The molecule has 0 radical (unpaired) electrons. The fourth-order valence-electron chi connectivity index (χ4n) is 2.42. The van der Waals surface area contributed by atoms with Gasteiger partial charge in [-0.15, -0.1) is 10.2 Å². The summed E-state index contributed by atoms with van der Waals surface area (Å²) in [5, 5.41) is 19.3. The van der Waals surface area contributed by atoms with Crippen LogP contribution in [0.15, 0.2) is 41.8 Å². The fourth-order valence-corrected chi connectivity index (χ4v) is 3.63. The minimum Gasteiger partial charge on any atom is -0.392 e. The summed E-state index contributed by atoms with van der Waals surface area (Å²) in [6.07, 6.45) is 5.77. The van der Waals surface area contributed by atoms with Gasteiger partial charge in [0.15, 0.2) is 5.16 Å². The lowest BCUT2D eigenvalue weighted by atomic mass is 9.97. The predicted molar refractivity (Wildman–Crippen MR) is 75.5 cm³/mol. The Bertz CT molecular complexity index is 528. The van der Waals surface area contributed by atoms with Crippen molar-refractivity contribution >= 4 is 11.8 Å². The number of thioether (sulfide) groups is 1. The van der Waals surface area contributed by atoms with Gasteiger partial charge in [-0.25, -0.2) is 0 Å². The number of aliphatic hydroxyl groups is 1. The molecular weight excluding hydrogens is 258 g/mol. The molecule has 1 aliphatic rings. The van der Waals surface area contributed by atoms with Gasteiger partial charge in [-0.2, -0.15) is 0 Å². The van der Waals surface area contributed by atoms with Crippen molar-refractivity contribution in [2.24, 2.45) is 0 Å². The second-order valence-electron chi connectivity index (χ2n) is 4.83. The Morgan fingerprint density at radius 3 is 2.74 bits per heavy atom. The Balaban J connectivity index is 1.81. The molecule has 1 fully saturated rings. The van der Waals surface area contributed by atoms with E-state index in [-0.39, 0.29) is 11.4 Å². The van der Waals surface area contributed by atoms with E-state index < -0.39 is 0 Å². The molecule has 2 unspecified atom stereocenters. The highest BCUT2D eigenvalue weighted by molar-refractivity contribution is 7.99. The lowest BCUT2D eigenvalue weighted by molar-refractivity contribution is 0.137. The van der Waals surface area contributed by atoms with Crippen molar-refractivity contribution in [3.8, 4) is 5.69 Å². The summed E-state index contributed by atoms with van der Waals surface area (Å²) in [6.45, 7) is 0. The molecular formula is C14H17N3OS. The molecule has 1 heterocycles. The van der Waals surface area contributed by atoms with Gasteiger partial charge in [-0.1, -0.05) is 42.8 Å². The molecule has 0 saturated heterocycles. The van der Waals surface area contributed by atoms with Crippen molar-refractivity contribution in [1.82, 2.24) is 14.8 Å². The van der Waals surface area contributed by atoms with Crippen LogP contribution in [0.5, 0.6) is 0 Å². The first-order valence-corrected chi connectivity index (χ1v) is 7.53. The van der Waals surface area contributed by atoms with E-state index in [1.165, 1.54) is 6.42 Å². The zero-order valence-electron chi connectivity index (χ0n) is 10.6. The molecule has 1 aliphatic carbocycles. The van der Waals surface area contributed by atoms with Crippen LogP contribution in [0.4, 0.5) is 0 Å². The summed E-state index contributed by atoms with van der Waals surface area (Å²) >= 11 is 1.64. The van der Waals surface area contributed by atoms with Crippen molar-refractivity contribution in [3.05, 3.63) is 36.7 Å². The normalized spacial score (nSPS) is 23.4. The highest BCUT2D eigenvalue weighted by Gasteiger charge is 2.25. The first-order chi connectivity index (χ1) is 9.34. The van der Waals surface area contributed by atoms with Crippen LogP contribution < -0.4 is 0 Å². The third kappa shape index (κ3) is 2.82. The topological polar surface area (TPSA) is 50.9 Å². The van der Waals surface area contributed by atoms with Crippen molar-refractivity contribution in [2.45, 2.75) is 42.2 Å². The highest BCUT2D eigenvalue weighted by Crippen LogP contribution is 2.33. The molecule has 1 N–H and O–H groups in total. The maximum absolute atomic E-state index is 10.1. The average Bonchev–Trinajstić information content (AvgIpc) is 2.91. The van der Waals surface area contributed by atoms with Gasteiger partial charge in [-0.05, 0) is 25.0 Å². The second-order valence-corrected chi connectivity index (χ2v) is 6.03. The van der Waals surface area contributed by atoms with Gasteiger partial charge in [-0.3, -0.25) is 4.57 Å². The number of hydrogen-bond acceptors (Lipinski definition) is 4. The molecule has 0 spiro atoms. The van der Waals surface area contributed by atoms with Crippen LogP contribution >= 0.6 is 11.8 Å². The van der Waals surface area contributed by atoms with Crippen LogP contribution in [0.1, 0.15) is 25.7 Å². The molecule has 0 bridgehead atoms. The van der Waals surface area contributed by atoms with E-state index in [9.17, 15) is 5.11 Å². The summed E-state index contributed by atoms with van der Waals surface area (Å²) in [7, 11) is 0. The second kappa shape index (κ2) is 5.75. The zero-order valence-corrected chi connectivity index (χ0v) is 11.5. The molecule has 19 heavy (non-hydrogen) atoms. The minimum atomic E-state index is -0.223. The van der Waals surface area contributed by atoms with Crippen molar-refractivity contribution in [3.63, 3.8) is 0 Å². The largest absolute Gasteiger partial charge is 0.392 e. The summed E-state index contributed by atoms with van der Waals surface area (Å²) < 4.78 is 1.98. The number of hydrogen-bond donors (Lipinski definition) is 1. The molecule has 0 amide bonds. The Morgan fingerprint density at radius 2 is 1.95 bits per heavy atom. The van der Waals surface area contributed by atoms with Gasteiger partial charge in [0.2, 0.25) is 0 Å². The van der Waals surface area contributed by atoms with Gasteiger partial charge >= 0.3 is 0 Å². The van der Waals surface area contributed by atoms with Gasteiger partial charge in [0.05, 0.1) is 6.10 Å². The van der Waals surface area contributed by atoms with Crippen LogP contribution in [0.2, 0.25) is 0 Å². The van der Waals surface area contributed by atoms with E-state index in [1.54, 1.807) is 18.1 Å².